The minimum absolute atomic E-state index is 0.221. The Morgan fingerprint density at radius 1 is 1.42 bits per heavy atom. The van der Waals surface area contributed by atoms with E-state index in [4.69, 9.17) is 14.2 Å². The number of hydrogen-bond acceptors (Lipinski definition) is 5. The van der Waals surface area contributed by atoms with Gasteiger partial charge < -0.3 is 24.6 Å². The fourth-order valence-corrected chi connectivity index (χ4v) is 2.60. The number of carboxylic acid groups (broad SMARTS) is 1. The number of methoxy groups -OCH3 is 1. The van der Waals surface area contributed by atoms with Crippen LogP contribution in [0.4, 0.5) is 0 Å². The lowest BCUT2D eigenvalue weighted by atomic mass is 9.93. The molecule has 2 N–H and O–H groups in total. The SMILES string of the molecule is COCCOc1cccc(C(=O)NC(C(=O)O)C2CCCOC2)c1. The van der Waals surface area contributed by atoms with Gasteiger partial charge in [-0.25, -0.2) is 4.79 Å². The highest BCUT2D eigenvalue weighted by Crippen LogP contribution is 2.19. The average Bonchev–Trinajstić information content (AvgIpc) is 2.60. The summed E-state index contributed by atoms with van der Waals surface area (Å²) in [5, 5.41) is 12.0. The van der Waals surface area contributed by atoms with Crippen molar-refractivity contribution >= 4 is 11.9 Å². The summed E-state index contributed by atoms with van der Waals surface area (Å²) in [6, 6.07) is 5.67. The number of benzene rings is 1. The molecule has 1 amide bonds. The molecule has 0 bridgehead atoms. The van der Waals surface area contributed by atoms with Crippen LogP contribution in [0.1, 0.15) is 23.2 Å². The van der Waals surface area contributed by atoms with Gasteiger partial charge in [-0.3, -0.25) is 4.79 Å². The van der Waals surface area contributed by atoms with Crippen molar-refractivity contribution in [2.75, 3.05) is 33.5 Å². The molecule has 7 heteroatoms. The highest BCUT2D eigenvalue weighted by molar-refractivity contribution is 5.97. The predicted molar refractivity (Wildman–Crippen MR) is 86.2 cm³/mol. The van der Waals surface area contributed by atoms with E-state index in [1.807, 2.05) is 0 Å². The van der Waals surface area contributed by atoms with Crippen LogP contribution in [0.3, 0.4) is 0 Å². The van der Waals surface area contributed by atoms with Crippen molar-refractivity contribution in [3.8, 4) is 5.75 Å². The molecule has 0 saturated carbocycles. The van der Waals surface area contributed by atoms with Gasteiger partial charge in [-0.1, -0.05) is 6.07 Å². The van der Waals surface area contributed by atoms with Crippen LogP contribution in [-0.2, 0) is 14.3 Å². The van der Waals surface area contributed by atoms with Crippen LogP contribution in [0.15, 0.2) is 24.3 Å². The van der Waals surface area contributed by atoms with Crippen molar-refractivity contribution < 1.29 is 28.9 Å². The van der Waals surface area contributed by atoms with Gasteiger partial charge in [-0.05, 0) is 31.0 Å². The first-order valence-corrected chi connectivity index (χ1v) is 7.95. The largest absolute Gasteiger partial charge is 0.491 e. The number of hydrogen-bond donors (Lipinski definition) is 2. The maximum atomic E-state index is 12.4. The maximum Gasteiger partial charge on any atom is 0.326 e. The predicted octanol–water partition coefficient (Wildman–Crippen LogP) is 1.32. The Morgan fingerprint density at radius 3 is 2.92 bits per heavy atom. The highest BCUT2D eigenvalue weighted by atomic mass is 16.5. The van der Waals surface area contributed by atoms with E-state index in [-0.39, 0.29) is 5.92 Å². The number of carboxylic acids is 1. The van der Waals surface area contributed by atoms with E-state index in [1.165, 1.54) is 0 Å². The Balaban J connectivity index is 2.01. The van der Waals surface area contributed by atoms with E-state index in [9.17, 15) is 14.7 Å². The molecule has 1 aromatic carbocycles. The van der Waals surface area contributed by atoms with Gasteiger partial charge in [0.05, 0.1) is 13.2 Å². The zero-order chi connectivity index (χ0) is 17.4. The van der Waals surface area contributed by atoms with Crippen molar-refractivity contribution in [1.29, 1.82) is 0 Å². The Kier molecular flexibility index (Phi) is 7.02. The van der Waals surface area contributed by atoms with E-state index < -0.39 is 17.9 Å². The van der Waals surface area contributed by atoms with Crippen LogP contribution >= 0.6 is 0 Å². The van der Waals surface area contributed by atoms with E-state index >= 15 is 0 Å². The molecule has 0 radical (unpaired) electrons. The number of ether oxygens (including phenoxy) is 3. The second-order valence-electron chi connectivity index (χ2n) is 5.64. The van der Waals surface area contributed by atoms with Crippen LogP contribution in [0, 0.1) is 5.92 Å². The summed E-state index contributed by atoms with van der Waals surface area (Å²) in [5.74, 6) is -1.18. The van der Waals surface area contributed by atoms with Crippen LogP contribution in [0.2, 0.25) is 0 Å². The van der Waals surface area contributed by atoms with Crippen molar-refractivity contribution in [2.24, 2.45) is 5.92 Å². The van der Waals surface area contributed by atoms with Gasteiger partial charge in [0.25, 0.3) is 5.91 Å². The van der Waals surface area contributed by atoms with Gasteiger partial charge in [-0.15, -0.1) is 0 Å². The molecule has 1 fully saturated rings. The monoisotopic (exact) mass is 337 g/mol. The van der Waals surface area contributed by atoms with Gasteiger partial charge in [-0.2, -0.15) is 0 Å². The summed E-state index contributed by atoms with van der Waals surface area (Å²) >= 11 is 0. The topological polar surface area (TPSA) is 94.1 Å². The second kappa shape index (κ2) is 9.24. The van der Waals surface area contributed by atoms with Crippen LogP contribution in [0.25, 0.3) is 0 Å². The first kappa shape index (κ1) is 18.2. The van der Waals surface area contributed by atoms with Crippen molar-refractivity contribution in [3.05, 3.63) is 29.8 Å². The first-order chi connectivity index (χ1) is 11.6. The third-order valence-electron chi connectivity index (χ3n) is 3.87. The van der Waals surface area contributed by atoms with Crippen molar-refractivity contribution in [3.63, 3.8) is 0 Å². The Bertz CT molecular complexity index is 556. The molecule has 1 heterocycles. The molecule has 132 valence electrons. The van der Waals surface area contributed by atoms with Gasteiger partial charge in [0.2, 0.25) is 0 Å². The molecular weight excluding hydrogens is 314 g/mol. The lowest BCUT2D eigenvalue weighted by Gasteiger charge is -2.28. The van der Waals surface area contributed by atoms with E-state index in [0.717, 1.165) is 12.8 Å². The lowest BCUT2D eigenvalue weighted by Crippen LogP contribution is -2.48. The molecule has 0 aromatic heterocycles. The molecular formula is C17H23NO6. The molecule has 1 aliphatic rings. The van der Waals surface area contributed by atoms with Gasteiger partial charge in [0.15, 0.2) is 0 Å². The summed E-state index contributed by atoms with van der Waals surface area (Å²) in [4.78, 5) is 23.9. The molecule has 1 aliphatic heterocycles. The third-order valence-corrected chi connectivity index (χ3v) is 3.87. The fourth-order valence-electron chi connectivity index (χ4n) is 2.60. The summed E-state index contributed by atoms with van der Waals surface area (Å²) in [6.45, 7) is 1.80. The van der Waals surface area contributed by atoms with E-state index in [0.29, 0.717) is 37.7 Å². The number of carbonyl (C=O) groups excluding carboxylic acids is 1. The maximum absolute atomic E-state index is 12.4. The van der Waals surface area contributed by atoms with Crippen LogP contribution in [0.5, 0.6) is 5.75 Å². The minimum Gasteiger partial charge on any atom is -0.491 e. The zero-order valence-corrected chi connectivity index (χ0v) is 13.7. The van der Waals surface area contributed by atoms with E-state index in [2.05, 4.69) is 5.32 Å². The third kappa shape index (κ3) is 5.21. The summed E-state index contributed by atoms with van der Waals surface area (Å²) in [7, 11) is 1.58. The second-order valence-corrected chi connectivity index (χ2v) is 5.64. The number of aliphatic carboxylic acids is 1. The van der Waals surface area contributed by atoms with Crippen LogP contribution in [-0.4, -0.2) is 56.6 Å². The molecule has 1 aromatic rings. The Labute approximate surface area is 140 Å². The molecule has 7 nitrogen and oxygen atoms in total. The molecule has 2 atom stereocenters. The van der Waals surface area contributed by atoms with Crippen molar-refractivity contribution in [1.82, 2.24) is 5.32 Å². The Hall–Kier alpha value is -2.12. The van der Waals surface area contributed by atoms with E-state index in [1.54, 1.807) is 31.4 Å². The molecule has 2 rings (SSSR count). The standard InChI is InChI=1S/C17H23NO6/c1-22-8-9-24-14-6-2-4-12(10-14)16(19)18-15(17(20)21)13-5-3-7-23-11-13/h2,4,6,10,13,15H,3,5,7-9,11H2,1H3,(H,18,19)(H,20,21). The molecule has 0 spiro atoms. The van der Waals surface area contributed by atoms with Crippen LogP contribution < -0.4 is 10.1 Å². The first-order valence-electron chi connectivity index (χ1n) is 7.95. The highest BCUT2D eigenvalue weighted by Gasteiger charge is 2.31. The van der Waals surface area contributed by atoms with Gasteiger partial charge in [0, 0.05) is 25.2 Å². The van der Waals surface area contributed by atoms with Gasteiger partial charge >= 0.3 is 5.97 Å². The van der Waals surface area contributed by atoms with Crippen molar-refractivity contribution in [2.45, 2.75) is 18.9 Å². The normalized spacial score (nSPS) is 18.6. The molecule has 2 unspecified atom stereocenters. The Morgan fingerprint density at radius 2 is 2.25 bits per heavy atom. The molecule has 24 heavy (non-hydrogen) atoms. The average molecular weight is 337 g/mol. The summed E-state index contributed by atoms with van der Waals surface area (Å²) < 4.78 is 15.7. The summed E-state index contributed by atoms with van der Waals surface area (Å²) in [6.07, 6.45) is 1.52. The zero-order valence-electron chi connectivity index (χ0n) is 13.7. The number of amides is 1. The fraction of sp³-hybridized carbons (Fsp3) is 0.529. The minimum atomic E-state index is -1.05. The molecule has 0 aliphatic carbocycles. The number of nitrogens with one attached hydrogen (secondary N) is 1. The quantitative estimate of drug-likeness (QED) is 0.695. The number of carbonyl (C=O) groups is 2. The molecule has 1 saturated heterocycles. The van der Waals surface area contributed by atoms with Gasteiger partial charge in [0.1, 0.15) is 18.4 Å². The number of rotatable bonds is 8. The smallest absolute Gasteiger partial charge is 0.326 e. The lowest BCUT2D eigenvalue weighted by molar-refractivity contribution is -0.142. The summed E-state index contributed by atoms with van der Waals surface area (Å²) in [5.41, 5.74) is 0.355.